The molecule has 0 fully saturated rings. The normalized spacial score (nSPS) is 13.3. The predicted octanol–water partition coefficient (Wildman–Crippen LogP) is 14.3. The van der Waals surface area contributed by atoms with E-state index in [9.17, 15) is 0 Å². The van der Waals surface area contributed by atoms with Gasteiger partial charge in [-0.3, -0.25) is 0 Å². The first kappa shape index (κ1) is 31.0. The molecule has 0 unspecified atom stereocenters. The van der Waals surface area contributed by atoms with Crippen molar-refractivity contribution >= 4 is 49.8 Å². The quantitative estimate of drug-likeness (QED) is 0.181. The summed E-state index contributed by atoms with van der Waals surface area (Å²) in [7, 11) is 0. The molecule has 3 nitrogen and oxygen atoms in total. The molecule has 0 N–H and O–H groups in total. The summed E-state index contributed by atoms with van der Waals surface area (Å²) >= 11 is 0. The molecular weight excluding hydrogens is 683 g/mol. The maximum atomic E-state index is 7.20. The monoisotopic (exact) mass is 715 g/mol. The number of furan rings is 1. The van der Waals surface area contributed by atoms with Crippen molar-refractivity contribution in [1.29, 1.82) is 0 Å². The Morgan fingerprint density at radius 1 is 0.375 bits per heavy atom. The molecular formula is C53H33NO2. The van der Waals surface area contributed by atoms with Crippen molar-refractivity contribution < 1.29 is 9.15 Å². The number of hydrogen-bond acceptors (Lipinski definition) is 3. The number of ether oxygens (including phenoxy) is 1. The van der Waals surface area contributed by atoms with Gasteiger partial charge in [-0.15, -0.1) is 0 Å². The van der Waals surface area contributed by atoms with E-state index in [-0.39, 0.29) is 0 Å². The lowest BCUT2D eigenvalue weighted by Crippen LogP contribution is -2.32. The lowest BCUT2D eigenvalue weighted by atomic mass is 9.66. The third kappa shape index (κ3) is 4.22. The van der Waals surface area contributed by atoms with E-state index < -0.39 is 5.41 Å². The van der Waals surface area contributed by atoms with Crippen LogP contribution in [0.15, 0.2) is 205 Å². The van der Waals surface area contributed by atoms with Crippen LogP contribution in [0.2, 0.25) is 0 Å². The van der Waals surface area contributed by atoms with Crippen LogP contribution < -0.4 is 9.64 Å². The lowest BCUT2D eigenvalue weighted by molar-refractivity contribution is 0.437. The minimum absolute atomic E-state index is 0.574. The molecule has 9 aromatic carbocycles. The first-order valence-electron chi connectivity index (χ1n) is 19.2. The summed E-state index contributed by atoms with van der Waals surface area (Å²) in [6.45, 7) is 0. The number of rotatable bonds is 4. The summed E-state index contributed by atoms with van der Waals surface area (Å²) in [6.07, 6.45) is 0. The van der Waals surface area contributed by atoms with Crippen LogP contribution in [0, 0.1) is 0 Å². The van der Waals surface area contributed by atoms with Crippen LogP contribution in [0.4, 0.5) is 17.1 Å². The summed E-state index contributed by atoms with van der Waals surface area (Å²) in [5.74, 6) is 1.70. The molecule has 12 rings (SSSR count). The summed E-state index contributed by atoms with van der Waals surface area (Å²) in [5.41, 5.74) is 13.9. The minimum atomic E-state index is -0.574. The van der Waals surface area contributed by atoms with E-state index in [1.54, 1.807) is 0 Å². The third-order valence-electron chi connectivity index (χ3n) is 11.9. The molecule has 0 amide bonds. The summed E-state index contributed by atoms with van der Waals surface area (Å²) in [4.78, 5) is 2.37. The van der Waals surface area contributed by atoms with Crippen LogP contribution in [0.5, 0.6) is 11.5 Å². The SMILES string of the molecule is c1ccc(-c2ccc(N(c3cccc4c3Oc3ccccc3C43c4ccccc4-c4ccccc43)c3cccc4c3ccc3c5ccccc5oc43)cc2)cc1. The van der Waals surface area contributed by atoms with Crippen molar-refractivity contribution in [2.75, 3.05) is 4.90 Å². The number of nitrogens with zero attached hydrogens (tertiary/aromatic N) is 1. The largest absolute Gasteiger partial charge is 0.455 e. The van der Waals surface area contributed by atoms with Gasteiger partial charge in [0, 0.05) is 38.4 Å². The van der Waals surface area contributed by atoms with E-state index in [4.69, 9.17) is 9.15 Å². The van der Waals surface area contributed by atoms with Gasteiger partial charge in [-0.1, -0.05) is 158 Å². The molecule has 0 saturated carbocycles. The Kier molecular flexibility index (Phi) is 6.55. The highest BCUT2D eigenvalue weighted by Crippen LogP contribution is 2.64. The zero-order valence-corrected chi connectivity index (χ0v) is 30.3. The Bertz CT molecular complexity index is 3130. The summed E-state index contributed by atoms with van der Waals surface area (Å²) in [6, 6.07) is 71.8. The minimum Gasteiger partial charge on any atom is -0.455 e. The lowest BCUT2D eigenvalue weighted by Gasteiger charge is -2.41. The first-order valence-corrected chi connectivity index (χ1v) is 19.2. The molecule has 0 saturated heterocycles. The van der Waals surface area contributed by atoms with Gasteiger partial charge >= 0.3 is 0 Å². The van der Waals surface area contributed by atoms with E-state index in [1.165, 1.54) is 27.8 Å². The summed E-state index contributed by atoms with van der Waals surface area (Å²) in [5, 5.41) is 4.39. The fraction of sp³-hybridized carbons (Fsp3) is 0.0189. The predicted molar refractivity (Wildman–Crippen MR) is 229 cm³/mol. The Morgan fingerprint density at radius 2 is 0.946 bits per heavy atom. The molecule has 0 radical (unpaired) electrons. The molecule has 2 heterocycles. The third-order valence-corrected chi connectivity index (χ3v) is 11.9. The highest BCUT2D eigenvalue weighted by atomic mass is 16.5. The van der Waals surface area contributed by atoms with Gasteiger partial charge in [0.1, 0.15) is 16.9 Å². The zero-order chi connectivity index (χ0) is 36.8. The molecule has 262 valence electrons. The van der Waals surface area contributed by atoms with Gasteiger partial charge in [-0.05, 0) is 75.8 Å². The van der Waals surface area contributed by atoms with Crippen molar-refractivity contribution in [1.82, 2.24) is 0 Å². The molecule has 1 aliphatic carbocycles. The van der Waals surface area contributed by atoms with Crippen molar-refractivity contribution in [3.8, 4) is 33.8 Å². The zero-order valence-electron chi connectivity index (χ0n) is 30.3. The van der Waals surface area contributed by atoms with Crippen LogP contribution in [0.1, 0.15) is 22.3 Å². The van der Waals surface area contributed by atoms with Gasteiger partial charge in [-0.2, -0.15) is 0 Å². The van der Waals surface area contributed by atoms with Crippen LogP contribution in [0.3, 0.4) is 0 Å². The van der Waals surface area contributed by atoms with Crippen LogP contribution >= 0.6 is 0 Å². The van der Waals surface area contributed by atoms with Gasteiger partial charge in [0.25, 0.3) is 0 Å². The molecule has 56 heavy (non-hydrogen) atoms. The second-order valence-corrected chi connectivity index (χ2v) is 14.8. The smallest absolute Gasteiger partial charge is 0.156 e. The van der Waals surface area contributed by atoms with Crippen LogP contribution in [-0.4, -0.2) is 0 Å². The maximum Gasteiger partial charge on any atom is 0.156 e. The molecule has 0 atom stereocenters. The van der Waals surface area contributed by atoms with Crippen molar-refractivity contribution in [3.63, 3.8) is 0 Å². The van der Waals surface area contributed by atoms with Gasteiger partial charge in [0.05, 0.1) is 16.8 Å². The van der Waals surface area contributed by atoms with E-state index in [0.717, 1.165) is 78.0 Å². The van der Waals surface area contributed by atoms with Crippen molar-refractivity contribution in [3.05, 3.63) is 222 Å². The number of hydrogen-bond donors (Lipinski definition) is 0. The highest BCUT2D eigenvalue weighted by molar-refractivity contribution is 6.17. The number of benzene rings is 9. The van der Waals surface area contributed by atoms with E-state index in [1.807, 2.05) is 12.1 Å². The molecule has 3 heteroatoms. The van der Waals surface area contributed by atoms with Gasteiger partial charge in [0.2, 0.25) is 0 Å². The Hall–Kier alpha value is -7.36. The topological polar surface area (TPSA) is 25.6 Å². The summed E-state index contributed by atoms with van der Waals surface area (Å²) < 4.78 is 13.8. The Balaban J connectivity index is 1.15. The average Bonchev–Trinajstić information content (AvgIpc) is 3.79. The second kappa shape index (κ2) is 11.8. The Labute approximate surface area is 324 Å². The second-order valence-electron chi connectivity index (χ2n) is 14.8. The van der Waals surface area contributed by atoms with Crippen LogP contribution in [-0.2, 0) is 5.41 Å². The standard InChI is InChI=1S/C53H33NO2/c1-2-14-34(15-3-1)35-28-30-36(31-29-35)54(47-24-12-19-41-39(47)32-33-42-40-18-6-10-26-49(40)55-51(41)42)48-25-13-23-46-52(48)56-50-27-11-9-22-45(50)53(46)43-20-7-4-16-37(43)38-17-5-8-21-44(38)53/h1-33H. The molecule has 1 aliphatic heterocycles. The molecule has 2 aliphatic rings. The van der Waals surface area contributed by atoms with E-state index in [2.05, 4.69) is 193 Å². The maximum absolute atomic E-state index is 7.20. The Morgan fingerprint density at radius 3 is 1.75 bits per heavy atom. The average molecular weight is 716 g/mol. The van der Waals surface area contributed by atoms with Gasteiger partial charge in [0.15, 0.2) is 5.75 Å². The van der Waals surface area contributed by atoms with Gasteiger partial charge < -0.3 is 14.1 Å². The van der Waals surface area contributed by atoms with Crippen LogP contribution in [0.25, 0.3) is 55.0 Å². The van der Waals surface area contributed by atoms with Crippen molar-refractivity contribution in [2.45, 2.75) is 5.41 Å². The first-order chi connectivity index (χ1) is 27.8. The fourth-order valence-corrected chi connectivity index (χ4v) is 9.60. The molecule has 0 bridgehead atoms. The highest BCUT2D eigenvalue weighted by Gasteiger charge is 2.51. The van der Waals surface area contributed by atoms with E-state index >= 15 is 0 Å². The number of fused-ring (bicyclic) bond motifs is 14. The van der Waals surface area contributed by atoms with Gasteiger partial charge in [-0.25, -0.2) is 0 Å². The molecule has 10 aromatic rings. The molecule has 1 spiro atoms. The fourth-order valence-electron chi connectivity index (χ4n) is 9.60. The van der Waals surface area contributed by atoms with Crippen molar-refractivity contribution in [2.24, 2.45) is 0 Å². The molecule has 1 aromatic heterocycles. The number of anilines is 3. The number of para-hydroxylation sites is 3. The van der Waals surface area contributed by atoms with E-state index in [0.29, 0.717) is 0 Å².